The molecule has 0 bridgehead atoms. The second-order valence-corrected chi connectivity index (χ2v) is 10.1. The number of pyridine rings is 2. The predicted molar refractivity (Wildman–Crippen MR) is 142 cm³/mol. The number of benzene rings is 1. The van der Waals surface area contributed by atoms with Crippen LogP contribution in [-0.4, -0.2) is 75.7 Å². The number of H-pyrrole nitrogens is 1. The molecule has 0 atom stereocenters. The first-order valence-corrected chi connectivity index (χ1v) is 11.8. The molecule has 1 aliphatic rings. The lowest BCUT2D eigenvalue weighted by atomic mass is 9.49. The van der Waals surface area contributed by atoms with Gasteiger partial charge in [0.25, 0.3) is 11.5 Å². The van der Waals surface area contributed by atoms with Crippen LogP contribution in [0.4, 0.5) is 14.5 Å². The SMILES string of the molecule is BC(B)(B)NC(=O)c1ccc(N2CCN(Cc3ccc4c([nH]c(=O)c5ccoc54)c3F)CC2)c(F)n1. The molecule has 0 radical (unpaired) electrons. The summed E-state index contributed by atoms with van der Waals surface area (Å²) in [6.07, 6.45) is 1.41. The molecule has 1 saturated heterocycles. The molecule has 0 saturated carbocycles. The Morgan fingerprint density at radius 1 is 1.08 bits per heavy atom. The Kier molecular flexibility index (Phi) is 6.11. The summed E-state index contributed by atoms with van der Waals surface area (Å²) in [6, 6.07) is 8.11. The predicted octanol–water partition coefficient (Wildman–Crippen LogP) is -0.490. The van der Waals surface area contributed by atoms with Crippen LogP contribution in [0.3, 0.4) is 0 Å². The number of amides is 1. The lowest BCUT2D eigenvalue weighted by Crippen LogP contribution is -2.50. The molecular formula is C23H24B3F2N5O3. The molecule has 2 N–H and O–H groups in total. The fourth-order valence-corrected chi connectivity index (χ4v) is 4.51. The summed E-state index contributed by atoms with van der Waals surface area (Å²) >= 11 is 0. The van der Waals surface area contributed by atoms with Crippen molar-refractivity contribution < 1.29 is 18.0 Å². The van der Waals surface area contributed by atoms with E-state index in [9.17, 15) is 14.0 Å². The molecule has 1 fully saturated rings. The van der Waals surface area contributed by atoms with E-state index in [1.807, 2.05) is 28.4 Å². The van der Waals surface area contributed by atoms with Gasteiger partial charge in [-0.25, -0.2) is 9.37 Å². The van der Waals surface area contributed by atoms with E-state index < -0.39 is 28.5 Å². The van der Waals surface area contributed by atoms with Gasteiger partial charge in [-0.15, -0.1) is 0 Å². The van der Waals surface area contributed by atoms with Crippen molar-refractivity contribution in [1.29, 1.82) is 0 Å². The number of aromatic nitrogens is 2. The first-order valence-electron chi connectivity index (χ1n) is 11.8. The van der Waals surface area contributed by atoms with Crippen LogP contribution >= 0.6 is 0 Å². The number of carbonyl (C=O) groups excluding carboxylic acids is 1. The van der Waals surface area contributed by atoms with Gasteiger partial charge < -0.3 is 19.6 Å². The number of piperazine rings is 1. The van der Waals surface area contributed by atoms with Gasteiger partial charge in [-0.1, -0.05) is 6.07 Å². The highest BCUT2D eigenvalue weighted by molar-refractivity contribution is 6.60. The maximum absolute atomic E-state index is 15.3. The Bertz CT molecular complexity index is 1530. The fraction of sp³-hybridized carbons (Fsp3) is 0.261. The van der Waals surface area contributed by atoms with Crippen LogP contribution in [-0.2, 0) is 6.54 Å². The van der Waals surface area contributed by atoms with Crippen LogP contribution in [0.15, 0.2) is 45.8 Å². The van der Waals surface area contributed by atoms with Crippen molar-refractivity contribution in [3.8, 4) is 0 Å². The number of anilines is 1. The summed E-state index contributed by atoms with van der Waals surface area (Å²) < 4.78 is 35.5. The molecule has 1 amide bonds. The molecule has 0 aliphatic carbocycles. The fourth-order valence-electron chi connectivity index (χ4n) is 4.51. The quantitative estimate of drug-likeness (QED) is 0.291. The van der Waals surface area contributed by atoms with E-state index in [-0.39, 0.29) is 11.2 Å². The minimum absolute atomic E-state index is 0.0291. The molecule has 0 unspecified atom stereocenters. The van der Waals surface area contributed by atoms with Crippen molar-refractivity contribution in [2.75, 3.05) is 31.1 Å². The molecule has 4 heterocycles. The lowest BCUT2D eigenvalue weighted by molar-refractivity contribution is 0.0946. The van der Waals surface area contributed by atoms with Crippen LogP contribution in [0.25, 0.3) is 21.9 Å². The van der Waals surface area contributed by atoms with Crippen molar-refractivity contribution in [3.63, 3.8) is 0 Å². The standard InChI is InChI=1S/C23H24B3F2N5O3/c24-23(25,26)31-22(35)15-3-4-16(20(28)29-15)33-8-6-32(7-9-33)11-12-1-2-13-18(17(12)27)30-21(34)14-5-10-36-19(13)14/h1-5,10H,6-9,11,24-26H2,(H,30,34)(H,31,35). The minimum atomic E-state index is -0.696. The molecule has 3 aromatic heterocycles. The number of rotatable bonds is 5. The molecule has 4 aromatic rings. The molecule has 1 aromatic carbocycles. The summed E-state index contributed by atoms with van der Waals surface area (Å²) in [5.41, 5.74) is 0.918. The molecular weight excluding hydrogens is 465 g/mol. The Morgan fingerprint density at radius 3 is 2.53 bits per heavy atom. The first kappa shape index (κ1) is 24.1. The van der Waals surface area contributed by atoms with Gasteiger partial charge in [-0.05, 0) is 29.5 Å². The number of fused-ring (bicyclic) bond motifs is 3. The molecule has 1 aliphatic heterocycles. The maximum atomic E-state index is 15.3. The zero-order valence-corrected chi connectivity index (χ0v) is 20.3. The van der Waals surface area contributed by atoms with Gasteiger partial charge in [0.15, 0.2) is 5.82 Å². The highest BCUT2D eigenvalue weighted by Gasteiger charge is 2.24. The van der Waals surface area contributed by atoms with Crippen molar-refractivity contribution in [1.82, 2.24) is 20.2 Å². The molecule has 36 heavy (non-hydrogen) atoms. The summed E-state index contributed by atoms with van der Waals surface area (Å²) in [6.45, 7) is 2.55. The van der Waals surface area contributed by atoms with Crippen LogP contribution < -0.4 is 15.8 Å². The van der Waals surface area contributed by atoms with Crippen LogP contribution in [0.1, 0.15) is 16.1 Å². The van der Waals surface area contributed by atoms with Crippen LogP contribution in [0.2, 0.25) is 0 Å². The van der Waals surface area contributed by atoms with E-state index in [1.54, 1.807) is 24.3 Å². The molecule has 182 valence electrons. The average Bonchev–Trinajstić information content (AvgIpc) is 3.32. The summed E-state index contributed by atoms with van der Waals surface area (Å²) in [4.78, 5) is 35.0. The van der Waals surface area contributed by atoms with Gasteiger partial charge in [0.1, 0.15) is 34.8 Å². The number of aromatic amines is 1. The van der Waals surface area contributed by atoms with Gasteiger partial charge in [-0.3, -0.25) is 14.5 Å². The van der Waals surface area contributed by atoms with Crippen molar-refractivity contribution >= 4 is 57.0 Å². The number of furan rings is 1. The Morgan fingerprint density at radius 2 is 1.83 bits per heavy atom. The summed E-state index contributed by atoms with van der Waals surface area (Å²) in [7, 11) is 5.53. The second kappa shape index (κ2) is 9.13. The van der Waals surface area contributed by atoms with Crippen molar-refractivity contribution in [2.24, 2.45) is 0 Å². The maximum Gasteiger partial charge on any atom is 0.268 e. The zero-order chi connectivity index (χ0) is 25.6. The van der Waals surface area contributed by atoms with E-state index in [1.165, 1.54) is 12.3 Å². The number of nitrogens with one attached hydrogen (secondary N) is 2. The highest BCUT2D eigenvalue weighted by atomic mass is 19.1. The molecule has 0 spiro atoms. The molecule has 8 nitrogen and oxygen atoms in total. The van der Waals surface area contributed by atoms with Crippen molar-refractivity contribution in [2.45, 2.75) is 11.8 Å². The summed E-state index contributed by atoms with van der Waals surface area (Å²) in [5.74, 6) is -1.60. The Balaban J connectivity index is 1.27. The smallest absolute Gasteiger partial charge is 0.268 e. The van der Waals surface area contributed by atoms with E-state index in [0.29, 0.717) is 60.3 Å². The van der Waals surface area contributed by atoms with Gasteiger partial charge in [-0.2, -0.15) is 4.39 Å². The van der Waals surface area contributed by atoms with E-state index in [0.717, 1.165) is 0 Å². The van der Waals surface area contributed by atoms with Gasteiger partial charge >= 0.3 is 0 Å². The van der Waals surface area contributed by atoms with E-state index >= 15 is 4.39 Å². The average molecular weight is 489 g/mol. The van der Waals surface area contributed by atoms with E-state index in [4.69, 9.17) is 4.42 Å². The topological polar surface area (TPSA) is 94.5 Å². The zero-order valence-electron chi connectivity index (χ0n) is 20.3. The third-order valence-corrected chi connectivity index (χ3v) is 6.27. The lowest BCUT2D eigenvalue weighted by Gasteiger charge is -2.36. The van der Waals surface area contributed by atoms with Crippen LogP contribution in [0.5, 0.6) is 0 Å². The Labute approximate surface area is 208 Å². The number of carbonyl (C=O) groups is 1. The third kappa shape index (κ3) is 4.62. The number of halogens is 2. The third-order valence-electron chi connectivity index (χ3n) is 6.27. The second-order valence-electron chi connectivity index (χ2n) is 10.1. The van der Waals surface area contributed by atoms with Gasteiger partial charge in [0.2, 0.25) is 5.95 Å². The minimum Gasteiger partial charge on any atom is -0.463 e. The van der Waals surface area contributed by atoms with E-state index in [2.05, 4.69) is 20.2 Å². The number of hydrogen-bond acceptors (Lipinski definition) is 6. The van der Waals surface area contributed by atoms with Crippen LogP contribution in [0, 0.1) is 11.8 Å². The molecule has 5 rings (SSSR count). The number of hydrogen-bond donors (Lipinski definition) is 2. The highest BCUT2D eigenvalue weighted by Crippen LogP contribution is 2.27. The summed E-state index contributed by atoms with van der Waals surface area (Å²) in [5, 5.41) is 3.22. The van der Waals surface area contributed by atoms with Crippen molar-refractivity contribution in [3.05, 3.63) is 70.0 Å². The van der Waals surface area contributed by atoms with Gasteiger partial charge in [0.05, 0.1) is 22.9 Å². The Hall–Kier alpha value is -3.60. The first-order chi connectivity index (χ1) is 17.1. The monoisotopic (exact) mass is 489 g/mol. The largest absolute Gasteiger partial charge is 0.463 e. The van der Waals surface area contributed by atoms with Gasteiger partial charge in [0, 0.05) is 43.7 Å². The normalized spacial score (nSPS) is 15.0. The number of nitrogens with zero attached hydrogens (tertiary/aromatic N) is 3. The molecule has 13 heteroatoms.